The third-order valence-electron chi connectivity index (χ3n) is 3.94. The highest BCUT2D eigenvalue weighted by atomic mass is 16.6. The first-order valence-corrected chi connectivity index (χ1v) is 5.99. The van der Waals surface area contributed by atoms with Crippen molar-refractivity contribution < 1.29 is 9.47 Å². The average Bonchev–Trinajstić information content (AvgIpc) is 2.54. The predicted molar refractivity (Wildman–Crippen MR) is 57.6 cm³/mol. The quantitative estimate of drug-likeness (QED) is 0.644. The fourth-order valence-corrected chi connectivity index (χ4v) is 3.17. The molecule has 2 saturated heterocycles. The lowest BCUT2D eigenvalue weighted by molar-refractivity contribution is -0.250. The van der Waals surface area contributed by atoms with Gasteiger partial charge in [-0.3, -0.25) is 4.90 Å². The van der Waals surface area contributed by atoms with Crippen LogP contribution in [0.5, 0.6) is 0 Å². The van der Waals surface area contributed by atoms with E-state index in [0.717, 1.165) is 19.8 Å². The summed E-state index contributed by atoms with van der Waals surface area (Å²) in [6, 6.07) is 0.612. The molecule has 1 aliphatic carbocycles. The molecule has 0 N–H and O–H groups in total. The molecule has 1 spiro atoms. The van der Waals surface area contributed by atoms with Crippen LogP contribution in [-0.4, -0.2) is 42.5 Å². The molecule has 1 saturated carbocycles. The predicted octanol–water partition coefficient (Wildman–Crippen LogP) is 1.54. The van der Waals surface area contributed by atoms with Crippen molar-refractivity contribution in [2.75, 3.05) is 19.8 Å². The molecule has 0 bridgehead atoms. The summed E-state index contributed by atoms with van der Waals surface area (Å²) in [6.07, 6.45) is 7.60. The Morgan fingerprint density at radius 3 is 2.80 bits per heavy atom. The molecule has 15 heavy (non-hydrogen) atoms. The SMILES string of the molecule is C=CCN1[C@H]2CCCC[C@@H]2OC12COC2. The van der Waals surface area contributed by atoms with E-state index in [9.17, 15) is 0 Å². The molecular weight excluding hydrogens is 190 g/mol. The molecule has 3 heteroatoms. The van der Waals surface area contributed by atoms with Gasteiger partial charge in [0, 0.05) is 12.6 Å². The van der Waals surface area contributed by atoms with Crippen molar-refractivity contribution in [3.05, 3.63) is 12.7 Å². The Hall–Kier alpha value is -0.380. The smallest absolute Gasteiger partial charge is 0.169 e. The summed E-state index contributed by atoms with van der Waals surface area (Å²) in [6.45, 7) is 6.27. The molecule has 0 aromatic heterocycles. The summed E-state index contributed by atoms with van der Waals surface area (Å²) >= 11 is 0. The van der Waals surface area contributed by atoms with Crippen molar-refractivity contribution in [2.24, 2.45) is 0 Å². The number of fused-ring (bicyclic) bond motifs is 1. The van der Waals surface area contributed by atoms with E-state index in [0.29, 0.717) is 12.1 Å². The van der Waals surface area contributed by atoms with Crippen LogP contribution in [0.15, 0.2) is 12.7 Å². The van der Waals surface area contributed by atoms with Crippen LogP contribution in [0.2, 0.25) is 0 Å². The maximum atomic E-state index is 6.21. The summed E-state index contributed by atoms with van der Waals surface area (Å²) < 4.78 is 11.5. The van der Waals surface area contributed by atoms with Crippen LogP contribution in [0, 0.1) is 0 Å². The molecule has 2 heterocycles. The lowest BCUT2D eigenvalue weighted by Gasteiger charge is -2.44. The molecule has 0 unspecified atom stereocenters. The summed E-state index contributed by atoms with van der Waals surface area (Å²) in [4.78, 5) is 2.48. The highest BCUT2D eigenvalue weighted by Gasteiger charge is 2.56. The van der Waals surface area contributed by atoms with E-state index < -0.39 is 0 Å². The van der Waals surface area contributed by atoms with Crippen LogP contribution in [0.4, 0.5) is 0 Å². The van der Waals surface area contributed by atoms with Crippen LogP contribution >= 0.6 is 0 Å². The maximum absolute atomic E-state index is 6.21. The Morgan fingerprint density at radius 2 is 2.13 bits per heavy atom. The summed E-state index contributed by atoms with van der Waals surface area (Å²) in [5.41, 5.74) is -0.0894. The second-order valence-electron chi connectivity index (χ2n) is 4.89. The molecule has 2 atom stereocenters. The third-order valence-corrected chi connectivity index (χ3v) is 3.94. The van der Waals surface area contributed by atoms with E-state index in [-0.39, 0.29) is 5.72 Å². The Bertz CT molecular complexity index is 262. The summed E-state index contributed by atoms with van der Waals surface area (Å²) in [5.74, 6) is 0. The minimum atomic E-state index is -0.0894. The van der Waals surface area contributed by atoms with Gasteiger partial charge < -0.3 is 9.47 Å². The lowest BCUT2D eigenvalue weighted by atomic mass is 9.92. The lowest BCUT2D eigenvalue weighted by Crippen LogP contribution is -2.61. The van der Waals surface area contributed by atoms with Crippen molar-refractivity contribution in [1.29, 1.82) is 0 Å². The Morgan fingerprint density at radius 1 is 1.33 bits per heavy atom. The van der Waals surface area contributed by atoms with Crippen molar-refractivity contribution in [2.45, 2.75) is 43.6 Å². The number of rotatable bonds is 2. The number of hydrogen-bond acceptors (Lipinski definition) is 3. The number of ether oxygens (including phenoxy) is 2. The first kappa shape index (κ1) is 9.82. The second-order valence-corrected chi connectivity index (χ2v) is 4.89. The van der Waals surface area contributed by atoms with Crippen LogP contribution < -0.4 is 0 Å². The molecule has 0 aromatic carbocycles. The molecule has 3 rings (SSSR count). The summed E-state index contributed by atoms with van der Waals surface area (Å²) in [7, 11) is 0. The van der Waals surface area contributed by atoms with Crippen molar-refractivity contribution in [1.82, 2.24) is 4.90 Å². The number of nitrogens with zero attached hydrogens (tertiary/aromatic N) is 1. The van der Waals surface area contributed by atoms with E-state index in [1.807, 2.05) is 6.08 Å². The molecule has 3 nitrogen and oxygen atoms in total. The zero-order chi connectivity index (χ0) is 10.3. The van der Waals surface area contributed by atoms with Crippen LogP contribution in [-0.2, 0) is 9.47 Å². The zero-order valence-corrected chi connectivity index (χ0v) is 9.15. The minimum Gasteiger partial charge on any atom is -0.372 e. The molecule has 2 aliphatic heterocycles. The summed E-state index contributed by atoms with van der Waals surface area (Å²) in [5, 5.41) is 0. The van der Waals surface area contributed by atoms with Gasteiger partial charge in [-0.1, -0.05) is 18.9 Å². The number of hydrogen-bond donors (Lipinski definition) is 0. The van der Waals surface area contributed by atoms with Crippen LogP contribution in [0.25, 0.3) is 0 Å². The van der Waals surface area contributed by atoms with Crippen molar-refractivity contribution >= 4 is 0 Å². The monoisotopic (exact) mass is 209 g/mol. The highest BCUT2D eigenvalue weighted by Crippen LogP contribution is 2.43. The molecule has 0 radical (unpaired) electrons. The molecule has 84 valence electrons. The highest BCUT2D eigenvalue weighted by molar-refractivity contribution is 5.04. The molecule has 3 aliphatic rings. The van der Waals surface area contributed by atoms with Gasteiger partial charge in [0.1, 0.15) is 0 Å². The Labute approximate surface area is 91.0 Å². The van der Waals surface area contributed by atoms with E-state index in [4.69, 9.17) is 9.47 Å². The van der Waals surface area contributed by atoms with Crippen LogP contribution in [0.1, 0.15) is 25.7 Å². The molecule has 0 amide bonds. The topological polar surface area (TPSA) is 21.7 Å². The first-order chi connectivity index (χ1) is 7.36. The van der Waals surface area contributed by atoms with Gasteiger partial charge in [-0.05, 0) is 12.8 Å². The third kappa shape index (κ3) is 1.37. The van der Waals surface area contributed by atoms with Gasteiger partial charge in [-0.15, -0.1) is 6.58 Å². The molecule has 3 fully saturated rings. The van der Waals surface area contributed by atoms with Gasteiger partial charge in [-0.25, -0.2) is 0 Å². The van der Waals surface area contributed by atoms with Gasteiger partial charge in [0.25, 0.3) is 0 Å². The van der Waals surface area contributed by atoms with Crippen molar-refractivity contribution in [3.8, 4) is 0 Å². The maximum Gasteiger partial charge on any atom is 0.169 e. The van der Waals surface area contributed by atoms with E-state index in [1.165, 1.54) is 25.7 Å². The normalized spacial score (nSPS) is 38.7. The zero-order valence-electron chi connectivity index (χ0n) is 9.15. The fourth-order valence-electron chi connectivity index (χ4n) is 3.17. The van der Waals surface area contributed by atoms with Crippen LogP contribution in [0.3, 0.4) is 0 Å². The fraction of sp³-hybridized carbons (Fsp3) is 0.833. The van der Waals surface area contributed by atoms with Gasteiger partial charge in [0.15, 0.2) is 5.72 Å². The first-order valence-electron chi connectivity index (χ1n) is 5.99. The van der Waals surface area contributed by atoms with Gasteiger partial charge in [-0.2, -0.15) is 0 Å². The minimum absolute atomic E-state index is 0.0894. The second kappa shape index (κ2) is 3.58. The van der Waals surface area contributed by atoms with Gasteiger partial charge in [0.2, 0.25) is 0 Å². The Kier molecular flexibility index (Phi) is 2.34. The molecular formula is C12H19NO2. The van der Waals surface area contributed by atoms with Gasteiger partial charge >= 0.3 is 0 Å². The molecule has 0 aromatic rings. The van der Waals surface area contributed by atoms with Crippen molar-refractivity contribution in [3.63, 3.8) is 0 Å². The Balaban J connectivity index is 1.82. The van der Waals surface area contributed by atoms with E-state index in [2.05, 4.69) is 11.5 Å². The largest absolute Gasteiger partial charge is 0.372 e. The van der Waals surface area contributed by atoms with E-state index >= 15 is 0 Å². The van der Waals surface area contributed by atoms with Gasteiger partial charge in [0.05, 0.1) is 19.3 Å². The van der Waals surface area contributed by atoms with E-state index in [1.54, 1.807) is 0 Å². The standard InChI is InChI=1S/C12H19NO2/c1-2-7-13-10-5-3-4-6-11(10)15-12(13)8-14-9-12/h2,10-11H,1,3-9H2/t10-,11-/m0/s1. The average molecular weight is 209 g/mol.